The molecule has 1 N–H and O–H groups in total. The van der Waals surface area contributed by atoms with Crippen molar-refractivity contribution in [2.24, 2.45) is 0 Å². The van der Waals surface area contributed by atoms with Crippen LogP contribution in [0.15, 0.2) is 36.4 Å². The van der Waals surface area contributed by atoms with E-state index in [0.717, 1.165) is 5.56 Å². The number of amides is 1. The minimum Gasteiger partial charge on any atom is -0.484 e. The molecule has 0 aromatic heterocycles. The van der Waals surface area contributed by atoms with Crippen molar-refractivity contribution < 1.29 is 9.53 Å². The number of aryl methyl sites for hydroxylation is 2. The third-order valence-corrected chi connectivity index (χ3v) is 4.41. The average Bonchev–Trinajstić information content (AvgIpc) is 2.51. The van der Waals surface area contributed by atoms with Crippen molar-refractivity contribution in [3.05, 3.63) is 63.1 Å². The second kappa shape index (κ2) is 7.71. The highest BCUT2D eigenvalue weighted by Crippen LogP contribution is 2.26. The first-order chi connectivity index (χ1) is 10.9. The molecule has 0 aliphatic heterocycles. The third kappa shape index (κ3) is 4.88. The van der Waals surface area contributed by atoms with Gasteiger partial charge < -0.3 is 10.1 Å². The summed E-state index contributed by atoms with van der Waals surface area (Å²) in [5, 5.41) is 3.76. The molecule has 0 aliphatic carbocycles. The summed E-state index contributed by atoms with van der Waals surface area (Å²) in [4.78, 5) is 12.0. The summed E-state index contributed by atoms with van der Waals surface area (Å²) in [6.45, 7) is 5.99. The molecular formula is C18H19Cl2NO2. The van der Waals surface area contributed by atoms with Gasteiger partial charge in [-0.2, -0.15) is 0 Å². The van der Waals surface area contributed by atoms with Gasteiger partial charge in [-0.3, -0.25) is 4.79 Å². The minimum absolute atomic E-state index is 0.0762. The number of carbonyl (C=O) groups is 1. The molecule has 0 saturated heterocycles. The second-order valence-corrected chi connectivity index (χ2v) is 6.31. The van der Waals surface area contributed by atoms with Crippen LogP contribution in [0.3, 0.4) is 0 Å². The highest BCUT2D eigenvalue weighted by atomic mass is 35.5. The van der Waals surface area contributed by atoms with Gasteiger partial charge in [0, 0.05) is 6.07 Å². The Morgan fingerprint density at radius 3 is 2.48 bits per heavy atom. The Morgan fingerprint density at radius 1 is 1.09 bits per heavy atom. The number of hydrogen-bond acceptors (Lipinski definition) is 2. The van der Waals surface area contributed by atoms with Gasteiger partial charge in [0.2, 0.25) is 0 Å². The summed E-state index contributed by atoms with van der Waals surface area (Å²) >= 11 is 11.7. The first-order valence-electron chi connectivity index (χ1n) is 7.31. The van der Waals surface area contributed by atoms with Gasteiger partial charge in [0.05, 0.1) is 16.1 Å². The quantitative estimate of drug-likeness (QED) is 0.834. The molecule has 2 aromatic rings. The highest BCUT2D eigenvalue weighted by molar-refractivity contribution is 6.42. The maximum Gasteiger partial charge on any atom is 0.258 e. The van der Waals surface area contributed by atoms with Gasteiger partial charge in [0.15, 0.2) is 6.61 Å². The normalized spacial score (nSPS) is 11.9. The van der Waals surface area contributed by atoms with Crippen molar-refractivity contribution in [1.29, 1.82) is 0 Å². The molecule has 0 unspecified atom stereocenters. The molecule has 2 aromatic carbocycles. The fourth-order valence-corrected chi connectivity index (χ4v) is 2.40. The van der Waals surface area contributed by atoms with E-state index in [-0.39, 0.29) is 18.6 Å². The Bertz CT molecular complexity index is 716. The molecule has 0 aliphatic rings. The molecule has 5 heteroatoms. The number of benzene rings is 2. The number of hydrogen-bond donors (Lipinski definition) is 1. The molecule has 2 rings (SSSR count). The van der Waals surface area contributed by atoms with Crippen LogP contribution in [0.2, 0.25) is 10.0 Å². The molecule has 122 valence electrons. The first-order valence-corrected chi connectivity index (χ1v) is 8.07. The van der Waals surface area contributed by atoms with Crippen LogP contribution in [-0.4, -0.2) is 12.5 Å². The lowest BCUT2D eigenvalue weighted by atomic mass is 10.0. The zero-order chi connectivity index (χ0) is 17.0. The first kappa shape index (κ1) is 17.6. The van der Waals surface area contributed by atoms with Gasteiger partial charge in [-0.05, 0) is 49.6 Å². The largest absolute Gasteiger partial charge is 0.484 e. The van der Waals surface area contributed by atoms with Crippen LogP contribution in [0.5, 0.6) is 5.75 Å². The Hall–Kier alpha value is -1.71. The molecule has 1 amide bonds. The van der Waals surface area contributed by atoms with E-state index < -0.39 is 0 Å². The summed E-state index contributed by atoms with van der Waals surface area (Å²) in [7, 11) is 0. The third-order valence-electron chi connectivity index (χ3n) is 3.67. The van der Waals surface area contributed by atoms with Crippen LogP contribution < -0.4 is 10.1 Å². The van der Waals surface area contributed by atoms with Crippen LogP contribution in [0, 0.1) is 13.8 Å². The van der Waals surface area contributed by atoms with Crippen molar-refractivity contribution >= 4 is 29.1 Å². The van der Waals surface area contributed by atoms with Crippen LogP contribution >= 0.6 is 23.2 Å². The second-order valence-electron chi connectivity index (χ2n) is 5.50. The van der Waals surface area contributed by atoms with Crippen LogP contribution in [0.1, 0.15) is 29.7 Å². The van der Waals surface area contributed by atoms with Crippen LogP contribution in [0.4, 0.5) is 0 Å². The highest BCUT2D eigenvalue weighted by Gasteiger charge is 2.11. The topological polar surface area (TPSA) is 38.3 Å². The van der Waals surface area contributed by atoms with E-state index in [1.54, 1.807) is 18.2 Å². The monoisotopic (exact) mass is 351 g/mol. The minimum atomic E-state index is -0.193. The average molecular weight is 352 g/mol. The molecule has 0 radical (unpaired) electrons. The van der Waals surface area contributed by atoms with Crippen molar-refractivity contribution in [2.75, 3.05) is 6.61 Å². The van der Waals surface area contributed by atoms with E-state index in [9.17, 15) is 4.79 Å². The van der Waals surface area contributed by atoms with Crippen molar-refractivity contribution in [1.82, 2.24) is 5.32 Å². The molecule has 0 saturated carbocycles. The molecule has 23 heavy (non-hydrogen) atoms. The van der Waals surface area contributed by atoms with Crippen LogP contribution in [-0.2, 0) is 4.79 Å². The molecule has 0 heterocycles. The summed E-state index contributed by atoms with van der Waals surface area (Å²) in [5.41, 5.74) is 3.50. The SMILES string of the molecule is Cc1ccc([C@H](C)NC(=O)COc2ccc(Cl)c(Cl)c2)cc1C. The molecule has 0 fully saturated rings. The summed E-state index contributed by atoms with van der Waals surface area (Å²) in [5.74, 6) is 0.315. The predicted molar refractivity (Wildman–Crippen MR) is 94.4 cm³/mol. The lowest BCUT2D eigenvalue weighted by molar-refractivity contribution is -0.123. The smallest absolute Gasteiger partial charge is 0.258 e. The summed E-state index contributed by atoms with van der Waals surface area (Å²) in [6, 6.07) is 11.0. The fraction of sp³-hybridized carbons (Fsp3) is 0.278. The molecule has 0 spiro atoms. The number of carbonyl (C=O) groups excluding carboxylic acids is 1. The van der Waals surface area contributed by atoms with Crippen molar-refractivity contribution in [3.63, 3.8) is 0 Å². The predicted octanol–water partition coefficient (Wildman–Crippen LogP) is 4.87. The van der Waals surface area contributed by atoms with Crippen molar-refractivity contribution in [2.45, 2.75) is 26.8 Å². The lowest BCUT2D eigenvalue weighted by Gasteiger charge is -2.16. The number of rotatable bonds is 5. The molecule has 1 atom stereocenters. The van der Waals surface area contributed by atoms with E-state index >= 15 is 0 Å². The number of ether oxygens (including phenoxy) is 1. The molecular weight excluding hydrogens is 333 g/mol. The van der Waals surface area contributed by atoms with E-state index in [1.807, 2.05) is 13.0 Å². The Kier molecular flexibility index (Phi) is 5.91. The van der Waals surface area contributed by atoms with Crippen molar-refractivity contribution in [3.8, 4) is 5.75 Å². The zero-order valence-corrected chi connectivity index (χ0v) is 14.8. The van der Waals surface area contributed by atoms with Gasteiger partial charge >= 0.3 is 0 Å². The molecule has 3 nitrogen and oxygen atoms in total. The van der Waals surface area contributed by atoms with Gasteiger partial charge in [0.1, 0.15) is 5.75 Å². The number of nitrogens with one attached hydrogen (secondary N) is 1. The summed E-state index contributed by atoms with van der Waals surface area (Å²) in [6.07, 6.45) is 0. The van der Waals surface area contributed by atoms with E-state index in [1.165, 1.54) is 11.1 Å². The maximum atomic E-state index is 12.0. The van der Waals surface area contributed by atoms with Gasteiger partial charge in [-0.1, -0.05) is 41.4 Å². The van der Waals surface area contributed by atoms with E-state index in [4.69, 9.17) is 27.9 Å². The Balaban J connectivity index is 1.90. The Morgan fingerprint density at radius 2 is 1.83 bits per heavy atom. The number of halogens is 2. The van der Waals surface area contributed by atoms with E-state index in [2.05, 4.69) is 31.3 Å². The van der Waals surface area contributed by atoms with Gasteiger partial charge in [-0.25, -0.2) is 0 Å². The summed E-state index contributed by atoms with van der Waals surface area (Å²) < 4.78 is 5.43. The van der Waals surface area contributed by atoms with Gasteiger partial charge in [-0.15, -0.1) is 0 Å². The fourth-order valence-electron chi connectivity index (χ4n) is 2.12. The van der Waals surface area contributed by atoms with Gasteiger partial charge in [0.25, 0.3) is 5.91 Å². The zero-order valence-electron chi connectivity index (χ0n) is 13.3. The molecule has 0 bridgehead atoms. The lowest BCUT2D eigenvalue weighted by Crippen LogP contribution is -2.31. The Labute approximate surface area is 146 Å². The van der Waals surface area contributed by atoms with Crippen LogP contribution in [0.25, 0.3) is 0 Å². The van der Waals surface area contributed by atoms with E-state index in [0.29, 0.717) is 15.8 Å². The maximum absolute atomic E-state index is 12.0. The standard InChI is InChI=1S/C18H19Cl2NO2/c1-11-4-5-14(8-12(11)2)13(3)21-18(22)10-23-15-6-7-16(19)17(20)9-15/h4-9,13H,10H2,1-3H3,(H,21,22)/t13-/m0/s1.